The van der Waals surface area contributed by atoms with Crippen LogP contribution in [0.5, 0.6) is 0 Å². The first-order chi connectivity index (χ1) is 10.2. The van der Waals surface area contributed by atoms with E-state index in [2.05, 4.69) is 30.4 Å². The zero-order valence-electron chi connectivity index (χ0n) is 13.0. The Morgan fingerprint density at radius 1 is 1.38 bits per heavy atom. The molecule has 0 aromatic heterocycles. The van der Waals surface area contributed by atoms with Crippen molar-refractivity contribution in [3.8, 4) is 0 Å². The molecule has 2 aliphatic rings. The van der Waals surface area contributed by atoms with Crippen LogP contribution in [0.1, 0.15) is 43.2 Å². The molecule has 114 valence electrons. The maximum absolute atomic E-state index is 12.6. The lowest BCUT2D eigenvalue weighted by molar-refractivity contribution is -0.119. The number of carbonyl (C=O) groups excluding carboxylic acids is 1. The highest BCUT2D eigenvalue weighted by atomic mass is 16.2. The van der Waals surface area contributed by atoms with Crippen molar-refractivity contribution in [3.63, 3.8) is 0 Å². The molecule has 2 heterocycles. The van der Waals surface area contributed by atoms with Crippen molar-refractivity contribution in [2.75, 3.05) is 24.5 Å². The summed E-state index contributed by atoms with van der Waals surface area (Å²) in [7, 11) is 0. The molecule has 1 saturated heterocycles. The maximum atomic E-state index is 12.6. The van der Waals surface area contributed by atoms with E-state index in [0.717, 1.165) is 44.6 Å². The molecule has 1 N–H and O–H groups in total. The first-order valence-corrected chi connectivity index (χ1v) is 8.34. The predicted octanol–water partition coefficient (Wildman–Crippen LogP) is 3.05. The van der Waals surface area contributed by atoms with E-state index in [1.165, 1.54) is 24.0 Å². The van der Waals surface area contributed by atoms with Crippen molar-refractivity contribution in [1.82, 2.24) is 5.32 Å². The minimum absolute atomic E-state index is 0.311. The van der Waals surface area contributed by atoms with Crippen molar-refractivity contribution in [3.05, 3.63) is 29.3 Å². The Morgan fingerprint density at radius 3 is 3.10 bits per heavy atom. The Balaban J connectivity index is 1.63. The number of anilines is 1. The minimum Gasteiger partial charge on any atom is -0.316 e. The summed E-state index contributed by atoms with van der Waals surface area (Å²) in [6, 6.07) is 6.49. The predicted molar refractivity (Wildman–Crippen MR) is 86.7 cm³/mol. The lowest BCUT2D eigenvalue weighted by atomic mass is 9.94. The average molecular weight is 286 g/mol. The van der Waals surface area contributed by atoms with Gasteiger partial charge in [-0.25, -0.2) is 0 Å². The van der Waals surface area contributed by atoms with Crippen molar-refractivity contribution >= 4 is 11.6 Å². The summed E-state index contributed by atoms with van der Waals surface area (Å²) in [5.41, 5.74) is 3.78. The molecule has 3 rings (SSSR count). The average Bonchev–Trinajstić information content (AvgIpc) is 2.52. The maximum Gasteiger partial charge on any atom is 0.226 e. The van der Waals surface area contributed by atoms with Crippen LogP contribution in [0.3, 0.4) is 0 Å². The Kier molecular flexibility index (Phi) is 4.59. The van der Waals surface area contributed by atoms with Gasteiger partial charge in [-0.2, -0.15) is 0 Å². The summed E-state index contributed by atoms with van der Waals surface area (Å²) in [5, 5.41) is 3.44. The van der Waals surface area contributed by atoms with Gasteiger partial charge in [0.1, 0.15) is 0 Å². The van der Waals surface area contributed by atoms with Crippen LogP contribution in [-0.2, 0) is 11.2 Å². The summed E-state index contributed by atoms with van der Waals surface area (Å²) in [6.45, 7) is 5.24. The highest BCUT2D eigenvalue weighted by Crippen LogP contribution is 2.29. The first kappa shape index (κ1) is 14.6. The van der Waals surface area contributed by atoms with Gasteiger partial charge in [-0.3, -0.25) is 4.79 Å². The molecule has 21 heavy (non-hydrogen) atoms. The normalized spacial score (nSPS) is 22.0. The molecule has 1 unspecified atom stereocenters. The van der Waals surface area contributed by atoms with Crippen LogP contribution in [-0.4, -0.2) is 25.5 Å². The number of nitrogens with zero attached hydrogens (tertiary/aromatic N) is 1. The molecule has 3 nitrogen and oxygen atoms in total. The molecule has 1 aromatic carbocycles. The highest BCUT2D eigenvalue weighted by Gasteiger charge is 2.23. The number of aryl methyl sites for hydroxylation is 2. The zero-order valence-corrected chi connectivity index (χ0v) is 13.0. The topological polar surface area (TPSA) is 32.3 Å². The zero-order chi connectivity index (χ0) is 14.7. The van der Waals surface area contributed by atoms with Gasteiger partial charge in [0.2, 0.25) is 5.91 Å². The van der Waals surface area contributed by atoms with E-state index < -0.39 is 0 Å². The molecule has 0 radical (unpaired) electrons. The second-order valence-electron chi connectivity index (χ2n) is 6.53. The van der Waals surface area contributed by atoms with E-state index in [1.807, 2.05) is 4.90 Å². The van der Waals surface area contributed by atoms with E-state index in [0.29, 0.717) is 18.2 Å². The molecule has 3 heteroatoms. The second kappa shape index (κ2) is 6.61. The van der Waals surface area contributed by atoms with Gasteiger partial charge in [0.15, 0.2) is 0 Å². The summed E-state index contributed by atoms with van der Waals surface area (Å²) in [6.07, 6.45) is 6.45. The molecule has 1 amide bonds. The number of hydrogen-bond acceptors (Lipinski definition) is 2. The van der Waals surface area contributed by atoms with Crippen molar-refractivity contribution in [2.45, 2.75) is 45.4 Å². The summed E-state index contributed by atoms with van der Waals surface area (Å²) < 4.78 is 0. The van der Waals surface area contributed by atoms with Gasteiger partial charge < -0.3 is 10.2 Å². The van der Waals surface area contributed by atoms with Gasteiger partial charge in [0.25, 0.3) is 0 Å². The van der Waals surface area contributed by atoms with Crippen LogP contribution >= 0.6 is 0 Å². The molecule has 1 aromatic rings. The second-order valence-corrected chi connectivity index (χ2v) is 6.53. The number of carbonyl (C=O) groups is 1. The van der Waals surface area contributed by atoms with Crippen LogP contribution in [0.2, 0.25) is 0 Å². The number of nitrogens with one attached hydrogen (secondary N) is 1. The van der Waals surface area contributed by atoms with Crippen LogP contribution in [0.15, 0.2) is 18.2 Å². The van der Waals surface area contributed by atoms with Gasteiger partial charge in [0, 0.05) is 18.7 Å². The highest BCUT2D eigenvalue weighted by molar-refractivity contribution is 5.94. The molecule has 1 fully saturated rings. The van der Waals surface area contributed by atoms with Gasteiger partial charge in [-0.05, 0) is 69.7 Å². The molecule has 0 bridgehead atoms. The lowest BCUT2D eigenvalue weighted by Crippen LogP contribution is -2.36. The van der Waals surface area contributed by atoms with Crippen LogP contribution < -0.4 is 10.2 Å². The monoisotopic (exact) mass is 286 g/mol. The van der Waals surface area contributed by atoms with Crippen LogP contribution in [0, 0.1) is 12.8 Å². The Hall–Kier alpha value is -1.35. The smallest absolute Gasteiger partial charge is 0.226 e. The van der Waals surface area contributed by atoms with E-state index in [1.54, 1.807) is 0 Å². The number of amides is 1. The molecule has 1 atom stereocenters. The number of piperidine rings is 1. The van der Waals surface area contributed by atoms with Gasteiger partial charge in [-0.15, -0.1) is 0 Å². The molecular formula is C18H26N2O. The van der Waals surface area contributed by atoms with Crippen LogP contribution in [0.4, 0.5) is 5.69 Å². The molecule has 0 saturated carbocycles. The molecule has 0 aliphatic carbocycles. The Labute approximate surface area is 127 Å². The Bertz CT molecular complexity index is 506. The van der Waals surface area contributed by atoms with E-state index in [9.17, 15) is 4.79 Å². The van der Waals surface area contributed by atoms with Gasteiger partial charge >= 0.3 is 0 Å². The molecular weight excluding hydrogens is 260 g/mol. The largest absolute Gasteiger partial charge is 0.316 e. The SMILES string of the molecule is Cc1ccc2c(c1)CCCN2C(=O)CCC1CCCNC1. The quantitative estimate of drug-likeness (QED) is 0.926. The van der Waals surface area contributed by atoms with Gasteiger partial charge in [0.05, 0.1) is 0 Å². The standard InChI is InChI=1S/C18H26N2O/c1-14-6-8-17-16(12-14)5-3-11-20(17)18(21)9-7-15-4-2-10-19-13-15/h6,8,12,15,19H,2-5,7,9-11,13H2,1H3. The third-order valence-corrected chi connectivity index (χ3v) is 4.82. The fourth-order valence-corrected chi connectivity index (χ4v) is 3.62. The molecule has 2 aliphatic heterocycles. The molecule has 0 spiro atoms. The van der Waals surface area contributed by atoms with E-state index in [-0.39, 0.29) is 0 Å². The number of rotatable bonds is 3. The summed E-state index contributed by atoms with van der Waals surface area (Å²) >= 11 is 0. The third-order valence-electron chi connectivity index (χ3n) is 4.82. The first-order valence-electron chi connectivity index (χ1n) is 8.34. The summed E-state index contributed by atoms with van der Waals surface area (Å²) in [5.74, 6) is 0.996. The number of benzene rings is 1. The summed E-state index contributed by atoms with van der Waals surface area (Å²) in [4.78, 5) is 14.6. The fraction of sp³-hybridized carbons (Fsp3) is 0.611. The minimum atomic E-state index is 0.311. The van der Waals surface area contributed by atoms with Crippen molar-refractivity contribution < 1.29 is 4.79 Å². The van der Waals surface area contributed by atoms with E-state index >= 15 is 0 Å². The van der Waals surface area contributed by atoms with Crippen molar-refractivity contribution in [1.29, 1.82) is 0 Å². The fourth-order valence-electron chi connectivity index (χ4n) is 3.62. The van der Waals surface area contributed by atoms with Crippen molar-refractivity contribution in [2.24, 2.45) is 5.92 Å². The Morgan fingerprint density at radius 2 is 2.29 bits per heavy atom. The van der Waals surface area contributed by atoms with Crippen LogP contribution in [0.25, 0.3) is 0 Å². The van der Waals surface area contributed by atoms with Gasteiger partial charge in [-0.1, -0.05) is 17.7 Å². The third kappa shape index (κ3) is 3.46. The number of hydrogen-bond donors (Lipinski definition) is 1. The van der Waals surface area contributed by atoms with E-state index in [4.69, 9.17) is 0 Å². The lowest BCUT2D eigenvalue weighted by Gasteiger charge is -2.30. The number of fused-ring (bicyclic) bond motifs is 1.